The van der Waals surface area contributed by atoms with E-state index in [1.165, 1.54) is 180 Å². The van der Waals surface area contributed by atoms with Crippen LogP contribution in [0.2, 0.25) is 0 Å². The Kier molecular flexibility index (Phi) is 27.6. The predicted octanol–water partition coefficient (Wildman–Crippen LogP) is 13.4. The number of unbranched alkanes of at least 4 members (excludes halogenated alkanes) is 24. The largest absolute Gasteiger partial charge is 0.370 e. The van der Waals surface area contributed by atoms with E-state index in [9.17, 15) is 0 Å². The normalized spacial score (nSPS) is 19.2. The van der Waals surface area contributed by atoms with Gasteiger partial charge in [0.05, 0.1) is 25.4 Å². The molecule has 2 heterocycles. The molecule has 0 aliphatic carbocycles. The highest BCUT2D eigenvalue weighted by atomic mass is 16.6. The van der Waals surface area contributed by atoms with Gasteiger partial charge in [-0.05, 0) is 64.2 Å². The Balaban J connectivity index is 1.39. The molecule has 2 aliphatic heterocycles. The summed E-state index contributed by atoms with van der Waals surface area (Å²) in [4.78, 5) is 0. The second kappa shape index (κ2) is 30.7. The van der Waals surface area contributed by atoms with E-state index >= 15 is 0 Å². The highest BCUT2D eigenvalue weighted by Crippen LogP contribution is 2.29. The van der Waals surface area contributed by atoms with Gasteiger partial charge >= 0.3 is 0 Å². The fraction of sp³-hybridized carbons (Fsp3) is 0.905. The standard InChI is InChI=1S/C42H78O3/c1-3-5-7-9-11-13-15-17-19-21-23-25-27-29-31-33-35-39(41-37-43-41)45-40(42-38-44-42)36-34-32-30-28-26-24-22-20-18-16-14-12-10-8-6-4-2/h17-20,39-42H,3-16,21-38H2,1-2H3. The van der Waals surface area contributed by atoms with Gasteiger partial charge in [0, 0.05) is 0 Å². The first-order valence-electron chi connectivity index (χ1n) is 20.5. The molecule has 2 rings (SSSR count). The second-order valence-electron chi connectivity index (χ2n) is 14.4. The first kappa shape index (κ1) is 40.5. The number of allylic oxidation sites excluding steroid dienone is 4. The summed E-state index contributed by atoms with van der Waals surface area (Å²) in [6, 6.07) is 0. The molecular formula is C42H78O3. The number of hydrogen-bond donors (Lipinski definition) is 0. The molecule has 4 atom stereocenters. The monoisotopic (exact) mass is 631 g/mol. The third kappa shape index (κ3) is 26.1. The summed E-state index contributed by atoms with van der Waals surface area (Å²) in [6.07, 6.45) is 51.4. The first-order valence-corrected chi connectivity index (χ1v) is 20.5. The quantitative estimate of drug-likeness (QED) is 0.0392. The maximum Gasteiger partial charge on any atom is 0.107 e. The van der Waals surface area contributed by atoms with Gasteiger partial charge < -0.3 is 14.2 Å². The van der Waals surface area contributed by atoms with Crippen LogP contribution in [-0.4, -0.2) is 37.6 Å². The van der Waals surface area contributed by atoms with E-state index in [0.717, 1.165) is 26.1 Å². The highest BCUT2D eigenvalue weighted by Gasteiger charge is 2.40. The molecule has 3 heteroatoms. The zero-order valence-corrected chi connectivity index (χ0v) is 30.5. The zero-order valence-electron chi connectivity index (χ0n) is 30.5. The van der Waals surface area contributed by atoms with Crippen molar-refractivity contribution in [1.29, 1.82) is 0 Å². The minimum atomic E-state index is 0.282. The lowest BCUT2D eigenvalue weighted by atomic mass is 10.0. The van der Waals surface area contributed by atoms with Crippen LogP contribution in [0.3, 0.4) is 0 Å². The topological polar surface area (TPSA) is 34.3 Å². The molecule has 2 fully saturated rings. The molecule has 0 bridgehead atoms. The van der Waals surface area contributed by atoms with Crippen LogP contribution in [0, 0.1) is 0 Å². The van der Waals surface area contributed by atoms with Gasteiger partial charge in [-0.2, -0.15) is 0 Å². The fourth-order valence-electron chi connectivity index (χ4n) is 6.63. The van der Waals surface area contributed by atoms with Crippen molar-refractivity contribution in [2.75, 3.05) is 13.2 Å². The Labute approximate surface area is 282 Å². The van der Waals surface area contributed by atoms with Crippen molar-refractivity contribution in [2.45, 2.75) is 231 Å². The van der Waals surface area contributed by atoms with E-state index in [2.05, 4.69) is 38.2 Å². The van der Waals surface area contributed by atoms with Crippen LogP contribution in [-0.2, 0) is 14.2 Å². The summed E-state index contributed by atoms with van der Waals surface area (Å²) >= 11 is 0. The molecule has 0 aromatic rings. The average molecular weight is 631 g/mol. The van der Waals surface area contributed by atoms with Crippen LogP contribution >= 0.6 is 0 Å². The SMILES string of the molecule is CCCCCCCCC=CCCCCCCCCC(OC(CCCCCCCCC=CCCCCCCCC)C1CO1)C1CO1. The van der Waals surface area contributed by atoms with Crippen LogP contribution in [0.1, 0.15) is 206 Å². The molecule has 264 valence electrons. The van der Waals surface area contributed by atoms with Crippen molar-refractivity contribution < 1.29 is 14.2 Å². The van der Waals surface area contributed by atoms with Crippen LogP contribution in [0.15, 0.2) is 24.3 Å². The van der Waals surface area contributed by atoms with Gasteiger partial charge in [0.1, 0.15) is 12.2 Å². The van der Waals surface area contributed by atoms with E-state index in [-0.39, 0.29) is 12.2 Å². The number of ether oxygens (including phenoxy) is 3. The van der Waals surface area contributed by atoms with Gasteiger partial charge in [-0.1, -0.05) is 167 Å². The van der Waals surface area contributed by atoms with E-state index in [1.54, 1.807) is 0 Å². The Morgan fingerprint density at radius 2 is 0.689 bits per heavy atom. The highest BCUT2D eigenvalue weighted by molar-refractivity contribution is 4.86. The third-order valence-corrected chi connectivity index (χ3v) is 9.90. The second-order valence-corrected chi connectivity index (χ2v) is 14.4. The number of rotatable bonds is 36. The van der Waals surface area contributed by atoms with E-state index in [0.29, 0.717) is 12.2 Å². The lowest BCUT2D eigenvalue weighted by Gasteiger charge is -2.23. The summed E-state index contributed by atoms with van der Waals surface area (Å²) in [5.41, 5.74) is 0. The molecular weight excluding hydrogens is 552 g/mol. The molecule has 0 radical (unpaired) electrons. The molecule has 4 unspecified atom stereocenters. The Bertz CT molecular complexity index is 609. The molecule has 0 aromatic heterocycles. The van der Waals surface area contributed by atoms with Crippen molar-refractivity contribution in [3.63, 3.8) is 0 Å². The van der Waals surface area contributed by atoms with Crippen molar-refractivity contribution >= 4 is 0 Å². The van der Waals surface area contributed by atoms with Gasteiger partial charge in [0.15, 0.2) is 0 Å². The van der Waals surface area contributed by atoms with Crippen LogP contribution in [0.4, 0.5) is 0 Å². The molecule has 0 spiro atoms. The summed E-state index contributed by atoms with van der Waals surface area (Å²) in [7, 11) is 0. The lowest BCUT2D eigenvalue weighted by molar-refractivity contribution is -0.0468. The molecule has 2 saturated heterocycles. The van der Waals surface area contributed by atoms with E-state index in [1.807, 2.05) is 0 Å². The van der Waals surface area contributed by atoms with Crippen molar-refractivity contribution in [1.82, 2.24) is 0 Å². The van der Waals surface area contributed by atoms with Gasteiger partial charge in [-0.15, -0.1) is 0 Å². The average Bonchev–Trinajstić information content (AvgIpc) is 3.97. The summed E-state index contributed by atoms with van der Waals surface area (Å²) in [5.74, 6) is 0. The minimum Gasteiger partial charge on any atom is -0.370 e. The molecule has 0 N–H and O–H groups in total. The van der Waals surface area contributed by atoms with Crippen LogP contribution < -0.4 is 0 Å². The van der Waals surface area contributed by atoms with Crippen LogP contribution in [0.5, 0.6) is 0 Å². The summed E-state index contributed by atoms with van der Waals surface area (Å²) in [5, 5.41) is 0. The Morgan fingerprint density at radius 1 is 0.422 bits per heavy atom. The third-order valence-electron chi connectivity index (χ3n) is 9.90. The molecule has 0 aromatic carbocycles. The first-order chi connectivity index (χ1) is 22.3. The number of epoxide rings is 2. The van der Waals surface area contributed by atoms with Crippen molar-refractivity contribution in [3.05, 3.63) is 24.3 Å². The van der Waals surface area contributed by atoms with Crippen molar-refractivity contribution in [2.24, 2.45) is 0 Å². The molecule has 0 amide bonds. The van der Waals surface area contributed by atoms with Gasteiger partial charge in [0.25, 0.3) is 0 Å². The minimum absolute atomic E-state index is 0.282. The molecule has 45 heavy (non-hydrogen) atoms. The Hall–Kier alpha value is -0.640. The number of hydrogen-bond acceptors (Lipinski definition) is 3. The maximum atomic E-state index is 6.68. The molecule has 2 aliphatic rings. The molecule has 3 nitrogen and oxygen atoms in total. The Morgan fingerprint density at radius 3 is 0.978 bits per heavy atom. The summed E-state index contributed by atoms with van der Waals surface area (Å²) < 4.78 is 18.1. The fourth-order valence-corrected chi connectivity index (χ4v) is 6.63. The maximum absolute atomic E-state index is 6.68. The summed E-state index contributed by atoms with van der Waals surface area (Å²) in [6.45, 7) is 6.37. The van der Waals surface area contributed by atoms with Gasteiger partial charge in [-0.3, -0.25) is 0 Å². The van der Waals surface area contributed by atoms with Gasteiger partial charge in [-0.25, -0.2) is 0 Å². The van der Waals surface area contributed by atoms with E-state index < -0.39 is 0 Å². The lowest BCUT2D eigenvalue weighted by Crippen LogP contribution is -2.30. The van der Waals surface area contributed by atoms with Crippen LogP contribution in [0.25, 0.3) is 0 Å². The predicted molar refractivity (Wildman–Crippen MR) is 196 cm³/mol. The smallest absolute Gasteiger partial charge is 0.107 e. The van der Waals surface area contributed by atoms with Crippen molar-refractivity contribution in [3.8, 4) is 0 Å². The van der Waals surface area contributed by atoms with Gasteiger partial charge in [0.2, 0.25) is 0 Å². The zero-order chi connectivity index (χ0) is 31.9. The molecule has 0 saturated carbocycles. The van der Waals surface area contributed by atoms with E-state index in [4.69, 9.17) is 14.2 Å².